The minimum atomic E-state index is 0.189. The fourth-order valence-corrected chi connectivity index (χ4v) is 2.15. The van der Waals surface area contributed by atoms with Crippen LogP contribution >= 0.6 is 11.6 Å². The average molecular weight is 246 g/mol. The highest BCUT2D eigenvalue weighted by Gasteiger charge is 2.12. The van der Waals surface area contributed by atoms with Crippen LogP contribution < -0.4 is 5.32 Å². The van der Waals surface area contributed by atoms with E-state index in [1.54, 1.807) is 0 Å². The molecule has 0 aromatic heterocycles. The zero-order chi connectivity index (χ0) is 12.3. The van der Waals surface area contributed by atoms with Crippen LogP contribution in [0.15, 0.2) is 48.5 Å². The summed E-state index contributed by atoms with van der Waals surface area (Å²) in [6.07, 6.45) is 0. The molecule has 88 valence electrons. The molecular formula is C15H16ClN. The Morgan fingerprint density at radius 2 is 1.71 bits per heavy atom. The highest BCUT2D eigenvalue weighted by atomic mass is 35.5. The Labute approximate surface area is 107 Å². The first kappa shape index (κ1) is 12.2. The van der Waals surface area contributed by atoms with Gasteiger partial charge in [-0.15, -0.1) is 0 Å². The Kier molecular flexibility index (Phi) is 3.82. The molecule has 0 aliphatic rings. The Hall–Kier alpha value is -1.31. The van der Waals surface area contributed by atoms with E-state index in [0.29, 0.717) is 0 Å². The normalized spacial score (nSPS) is 12.4. The van der Waals surface area contributed by atoms with Crippen molar-refractivity contribution in [3.63, 3.8) is 0 Å². The Balaban J connectivity index is 2.39. The molecule has 1 N–H and O–H groups in total. The molecule has 0 amide bonds. The lowest BCUT2D eigenvalue weighted by Gasteiger charge is -2.17. The fourth-order valence-electron chi connectivity index (χ4n) is 1.96. The van der Waals surface area contributed by atoms with Gasteiger partial charge in [0.05, 0.1) is 6.04 Å². The molecule has 0 saturated carbocycles. The molecule has 2 rings (SSSR count). The molecule has 0 heterocycles. The van der Waals surface area contributed by atoms with Crippen LogP contribution in [0.4, 0.5) is 0 Å². The summed E-state index contributed by atoms with van der Waals surface area (Å²) in [5.41, 5.74) is 3.54. The van der Waals surface area contributed by atoms with Crippen LogP contribution in [-0.2, 0) is 0 Å². The first-order valence-electron chi connectivity index (χ1n) is 5.70. The quantitative estimate of drug-likeness (QED) is 0.863. The lowest BCUT2D eigenvalue weighted by Crippen LogP contribution is -2.17. The molecule has 1 unspecified atom stereocenters. The molecule has 0 aliphatic heterocycles. The largest absolute Gasteiger partial charge is 0.309 e. The third-order valence-corrected chi connectivity index (χ3v) is 3.36. The van der Waals surface area contributed by atoms with E-state index in [1.165, 1.54) is 11.1 Å². The van der Waals surface area contributed by atoms with E-state index in [1.807, 2.05) is 26.1 Å². The monoisotopic (exact) mass is 245 g/mol. The number of hydrogen-bond donors (Lipinski definition) is 1. The van der Waals surface area contributed by atoms with Crippen molar-refractivity contribution in [3.05, 3.63) is 70.2 Å². The van der Waals surface area contributed by atoms with Gasteiger partial charge < -0.3 is 5.32 Å². The zero-order valence-electron chi connectivity index (χ0n) is 10.1. The maximum absolute atomic E-state index is 6.17. The number of rotatable bonds is 3. The minimum absolute atomic E-state index is 0.189. The third-order valence-electron chi connectivity index (χ3n) is 2.95. The topological polar surface area (TPSA) is 12.0 Å². The number of halogens is 1. The highest BCUT2D eigenvalue weighted by molar-refractivity contribution is 6.31. The number of hydrogen-bond acceptors (Lipinski definition) is 1. The van der Waals surface area contributed by atoms with Crippen LogP contribution in [0.1, 0.15) is 22.7 Å². The van der Waals surface area contributed by atoms with Crippen molar-refractivity contribution >= 4 is 11.6 Å². The first-order chi connectivity index (χ1) is 8.22. The molecule has 1 atom stereocenters. The van der Waals surface area contributed by atoms with E-state index >= 15 is 0 Å². The molecule has 0 spiro atoms. The van der Waals surface area contributed by atoms with Crippen LogP contribution in [0.2, 0.25) is 5.02 Å². The van der Waals surface area contributed by atoms with Crippen LogP contribution in [-0.4, -0.2) is 7.05 Å². The second kappa shape index (κ2) is 5.35. The van der Waals surface area contributed by atoms with Crippen LogP contribution in [0.5, 0.6) is 0 Å². The summed E-state index contributed by atoms with van der Waals surface area (Å²) in [5, 5.41) is 4.14. The zero-order valence-corrected chi connectivity index (χ0v) is 10.8. The molecule has 0 aliphatic carbocycles. The van der Waals surface area contributed by atoms with E-state index in [9.17, 15) is 0 Å². The van der Waals surface area contributed by atoms with E-state index in [4.69, 9.17) is 11.6 Å². The van der Waals surface area contributed by atoms with Crippen LogP contribution in [0.25, 0.3) is 0 Å². The maximum atomic E-state index is 6.17. The molecule has 2 heteroatoms. The Bertz CT molecular complexity index is 494. The highest BCUT2D eigenvalue weighted by Crippen LogP contribution is 2.25. The molecule has 0 bridgehead atoms. The third kappa shape index (κ3) is 2.68. The van der Waals surface area contributed by atoms with Gasteiger partial charge in [0.15, 0.2) is 0 Å². The van der Waals surface area contributed by atoms with Crippen molar-refractivity contribution in [3.8, 4) is 0 Å². The van der Waals surface area contributed by atoms with Crippen molar-refractivity contribution in [2.24, 2.45) is 0 Å². The van der Waals surface area contributed by atoms with E-state index in [2.05, 4.69) is 41.7 Å². The molecule has 1 nitrogen and oxygen atoms in total. The van der Waals surface area contributed by atoms with Gasteiger partial charge in [-0.1, -0.05) is 54.1 Å². The molecule has 17 heavy (non-hydrogen) atoms. The van der Waals surface area contributed by atoms with Gasteiger partial charge in [0.25, 0.3) is 0 Å². The molecule has 2 aromatic carbocycles. The summed E-state index contributed by atoms with van der Waals surface area (Å²) in [4.78, 5) is 0. The summed E-state index contributed by atoms with van der Waals surface area (Å²) in [6.45, 7) is 2.02. The lowest BCUT2D eigenvalue weighted by atomic mass is 9.98. The van der Waals surface area contributed by atoms with Gasteiger partial charge in [0, 0.05) is 5.02 Å². The standard InChI is InChI=1S/C15H16ClN/c1-11-8-9-13(10-14(11)16)15(17-2)12-6-4-3-5-7-12/h3-10,15,17H,1-2H3. The summed E-state index contributed by atoms with van der Waals surface area (Å²) in [7, 11) is 1.96. The molecular weight excluding hydrogens is 230 g/mol. The van der Waals surface area contributed by atoms with Crippen molar-refractivity contribution < 1.29 is 0 Å². The SMILES string of the molecule is CNC(c1ccccc1)c1ccc(C)c(Cl)c1. The van der Waals surface area contributed by atoms with Crippen LogP contribution in [0, 0.1) is 6.92 Å². The molecule has 2 aromatic rings. The number of aryl methyl sites for hydroxylation is 1. The van der Waals surface area contributed by atoms with Crippen molar-refractivity contribution in [1.82, 2.24) is 5.32 Å². The molecule has 0 radical (unpaired) electrons. The van der Waals surface area contributed by atoms with E-state index in [-0.39, 0.29) is 6.04 Å². The van der Waals surface area contributed by atoms with Crippen molar-refractivity contribution in [2.75, 3.05) is 7.05 Å². The number of benzene rings is 2. The predicted octanol–water partition coefficient (Wildman–Crippen LogP) is 3.96. The van der Waals surface area contributed by atoms with Gasteiger partial charge >= 0.3 is 0 Å². The lowest BCUT2D eigenvalue weighted by molar-refractivity contribution is 0.692. The second-order valence-electron chi connectivity index (χ2n) is 4.14. The Morgan fingerprint density at radius 1 is 1.00 bits per heavy atom. The van der Waals surface area contributed by atoms with Crippen LogP contribution in [0.3, 0.4) is 0 Å². The predicted molar refractivity (Wildman–Crippen MR) is 73.5 cm³/mol. The summed E-state index contributed by atoms with van der Waals surface area (Å²) >= 11 is 6.17. The average Bonchev–Trinajstić information content (AvgIpc) is 2.36. The minimum Gasteiger partial charge on any atom is -0.309 e. The molecule has 0 saturated heterocycles. The van der Waals surface area contributed by atoms with Crippen molar-refractivity contribution in [1.29, 1.82) is 0 Å². The van der Waals surface area contributed by atoms with E-state index in [0.717, 1.165) is 10.6 Å². The smallest absolute Gasteiger partial charge is 0.0574 e. The fraction of sp³-hybridized carbons (Fsp3) is 0.200. The summed E-state index contributed by atoms with van der Waals surface area (Å²) < 4.78 is 0. The van der Waals surface area contributed by atoms with Gasteiger partial charge in [-0.2, -0.15) is 0 Å². The summed E-state index contributed by atoms with van der Waals surface area (Å²) in [6, 6.07) is 16.8. The van der Waals surface area contributed by atoms with Gasteiger partial charge in [-0.05, 0) is 36.7 Å². The van der Waals surface area contributed by atoms with Gasteiger partial charge in [-0.3, -0.25) is 0 Å². The van der Waals surface area contributed by atoms with Gasteiger partial charge in [0.2, 0.25) is 0 Å². The van der Waals surface area contributed by atoms with E-state index < -0.39 is 0 Å². The van der Waals surface area contributed by atoms with Crippen molar-refractivity contribution in [2.45, 2.75) is 13.0 Å². The number of nitrogens with one attached hydrogen (secondary N) is 1. The first-order valence-corrected chi connectivity index (χ1v) is 6.08. The maximum Gasteiger partial charge on any atom is 0.0574 e. The van der Waals surface area contributed by atoms with Gasteiger partial charge in [0.1, 0.15) is 0 Å². The Morgan fingerprint density at radius 3 is 2.29 bits per heavy atom. The molecule has 0 fully saturated rings. The summed E-state index contributed by atoms with van der Waals surface area (Å²) in [5.74, 6) is 0. The van der Waals surface area contributed by atoms with Gasteiger partial charge in [-0.25, -0.2) is 0 Å². The second-order valence-corrected chi connectivity index (χ2v) is 4.55.